The number of rotatable bonds is 1. The maximum absolute atomic E-state index is 12.5. The molecule has 0 bridgehead atoms. The van der Waals surface area contributed by atoms with Crippen LogP contribution in [0.25, 0.3) is 0 Å². The number of alkyl halides is 3. The Balaban J connectivity index is 2.43. The minimum atomic E-state index is -4.41. The lowest BCUT2D eigenvalue weighted by molar-refractivity contribution is -0.139. The van der Waals surface area contributed by atoms with Crippen LogP contribution in [-0.2, 0) is 11.0 Å². The second-order valence-corrected chi connectivity index (χ2v) is 3.91. The standard InChI is InChI=1S/C11H10F3NO2/c12-11(13,14)6-1-2-7-8(10(16)17)3-4-15-9(7)5-6/h1-2,5,8,15H,3-4H2,(H,16,17). The fourth-order valence-electron chi connectivity index (χ4n) is 1.95. The molecule has 0 amide bonds. The number of fused-ring (bicyclic) bond motifs is 1. The summed E-state index contributed by atoms with van der Waals surface area (Å²) in [5.41, 5.74) is -0.0926. The Morgan fingerprint density at radius 1 is 1.41 bits per heavy atom. The smallest absolute Gasteiger partial charge is 0.416 e. The molecule has 0 saturated heterocycles. The van der Waals surface area contributed by atoms with Gasteiger partial charge in [-0.15, -0.1) is 0 Å². The molecule has 0 fully saturated rings. The minimum Gasteiger partial charge on any atom is -0.481 e. The summed E-state index contributed by atoms with van der Waals surface area (Å²) < 4.78 is 37.4. The van der Waals surface area contributed by atoms with Crippen molar-refractivity contribution >= 4 is 11.7 Å². The third-order valence-electron chi connectivity index (χ3n) is 2.80. The van der Waals surface area contributed by atoms with E-state index in [2.05, 4.69) is 5.32 Å². The Morgan fingerprint density at radius 3 is 2.71 bits per heavy atom. The molecule has 1 unspecified atom stereocenters. The van der Waals surface area contributed by atoms with Crippen LogP contribution >= 0.6 is 0 Å². The van der Waals surface area contributed by atoms with Gasteiger partial charge in [0.1, 0.15) is 0 Å². The number of carboxylic acid groups (broad SMARTS) is 1. The van der Waals surface area contributed by atoms with Crippen molar-refractivity contribution in [3.63, 3.8) is 0 Å². The highest BCUT2D eigenvalue weighted by atomic mass is 19.4. The molecule has 1 aliphatic heterocycles. The van der Waals surface area contributed by atoms with Crippen molar-refractivity contribution < 1.29 is 23.1 Å². The normalized spacial score (nSPS) is 19.4. The van der Waals surface area contributed by atoms with Crippen LogP contribution in [0.2, 0.25) is 0 Å². The zero-order chi connectivity index (χ0) is 12.6. The van der Waals surface area contributed by atoms with Gasteiger partial charge in [0.15, 0.2) is 0 Å². The topological polar surface area (TPSA) is 49.3 Å². The Kier molecular flexibility index (Phi) is 2.73. The lowest BCUT2D eigenvalue weighted by atomic mass is 9.90. The van der Waals surface area contributed by atoms with Gasteiger partial charge in [-0.05, 0) is 24.1 Å². The number of aliphatic carboxylic acids is 1. The van der Waals surface area contributed by atoms with Gasteiger partial charge < -0.3 is 10.4 Å². The Labute approximate surface area is 95.3 Å². The average molecular weight is 245 g/mol. The monoisotopic (exact) mass is 245 g/mol. The van der Waals surface area contributed by atoms with Crippen LogP contribution in [0.5, 0.6) is 0 Å². The van der Waals surface area contributed by atoms with Gasteiger partial charge in [0.05, 0.1) is 11.5 Å². The first kappa shape index (κ1) is 11.8. The molecule has 3 nitrogen and oxygen atoms in total. The van der Waals surface area contributed by atoms with Crippen LogP contribution < -0.4 is 5.32 Å². The van der Waals surface area contributed by atoms with E-state index in [1.54, 1.807) is 0 Å². The second kappa shape index (κ2) is 3.94. The van der Waals surface area contributed by atoms with Crippen LogP contribution in [0, 0.1) is 0 Å². The summed E-state index contributed by atoms with van der Waals surface area (Å²) in [6, 6.07) is 3.12. The van der Waals surface area contributed by atoms with E-state index in [1.807, 2.05) is 0 Å². The summed E-state index contributed by atoms with van der Waals surface area (Å²) >= 11 is 0. The van der Waals surface area contributed by atoms with Crippen LogP contribution in [0.3, 0.4) is 0 Å². The van der Waals surface area contributed by atoms with Gasteiger partial charge in [-0.25, -0.2) is 0 Å². The number of halogens is 3. The van der Waals surface area contributed by atoms with Gasteiger partial charge in [0, 0.05) is 12.2 Å². The molecule has 0 aliphatic carbocycles. The molecule has 1 atom stereocenters. The Morgan fingerprint density at radius 2 is 2.12 bits per heavy atom. The quantitative estimate of drug-likeness (QED) is 0.799. The highest BCUT2D eigenvalue weighted by Crippen LogP contribution is 2.37. The van der Waals surface area contributed by atoms with Gasteiger partial charge in [-0.1, -0.05) is 6.07 Å². The molecule has 0 aromatic heterocycles. The molecule has 92 valence electrons. The number of nitrogens with one attached hydrogen (secondary N) is 1. The van der Waals surface area contributed by atoms with Crippen molar-refractivity contribution in [3.8, 4) is 0 Å². The molecular weight excluding hydrogens is 235 g/mol. The van der Waals surface area contributed by atoms with Crippen molar-refractivity contribution in [1.29, 1.82) is 0 Å². The molecule has 1 aliphatic rings. The summed E-state index contributed by atoms with van der Waals surface area (Å²) in [5, 5.41) is 11.8. The number of hydrogen-bond donors (Lipinski definition) is 2. The highest BCUT2D eigenvalue weighted by Gasteiger charge is 2.33. The number of anilines is 1. The van der Waals surface area contributed by atoms with Gasteiger partial charge in [-0.3, -0.25) is 4.79 Å². The number of benzene rings is 1. The summed E-state index contributed by atoms with van der Waals surface area (Å²) in [6.07, 6.45) is -4.03. The molecular formula is C11H10F3NO2. The van der Waals surface area contributed by atoms with E-state index >= 15 is 0 Å². The zero-order valence-corrected chi connectivity index (χ0v) is 8.71. The van der Waals surface area contributed by atoms with Gasteiger partial charge >= 0.3 is 12.1 Å². The summed E-state index contributed by atoms with van der Waals surface area (Å²) in [4.78, 5) is 10.9. The van der Waals surface area contributed by atoms with Crippen molar-refractivity contribution in [2.24, 2.45) is 0 Å². The van der Waals surface area contributed by atoms with Crippen molar-refractivity contribution in [1.82, 2.24) is 0 Å². The fraction of sp³-hybridized carbons (Fsp3) is 0.364. The largest absolute Gasteiger partial charge is 0.481 e. The summed E-state index contributed by atoms with van der Waals surface area (Å²) in [5.74, 6) is -1.74. The maximum Gasteiger partial charge on any atom is 0.416 e. The predicted molar refractivity (Wildman–Crippen MR) is 54.9 cm³/mol. The zero-order valence-electron chi connectivity index (χ0n) is 8.71. The molecule has 0 radical (unpaired) electrons. The van der Waals surface area contributed by atoms with E-state index in [0.29, 0.717) is 18.5 Å². The van der Waals surface area contributed by atoms with E-state index in [0.717, 1.165) is 12.1 Å². The summed E-state index contributed by atoms with van der Waals surface area (Å²) in [6.45, 7) is 0.366. The fourth-order valence-corrected chi connectivity index (χ4v) is 1.95. The first-order valence-corrected chi connectivity index (χ1v) is 5.07. The third-order valence-corrected chi connectivity index (χ3v) is 2.80. The molecule has 1 aromatic rings. The van der Waals surface area contributed by atoms with Crippen LogP contribution in [0.15, 0.2) is 18.2 Å². The predicted octanol–water partition coefficient (Wildman–Crippen LogP) is 2.69. The van der Waals surface area contributed by atoms with E-state index in [-0.39, 0.29) is 5.69 Å². The third kappa shape index (κ3) is 2.20. The molecule has 0 saturated carbocycles. The first-order valence-electron chi connectivity index (χ1n) is 5.07. The molecule has 2 N–H and O–H groups in total. The van der Waals surface area contributed by atoms with Crippen molar-refractivity contribution in [2.75, 3.05) is 11.9 Å². The van der Waals surface area contributed by atoms with E-state index in [4.69, 9.17) is 5.11 Å². The summed E-state index contributed by atoms with van der Waals surface area (Å²) in [7, 11) is 0. The van der Waals surface area contributed by atoms with Gasteiger partial charge in [0.25, 0.3) is 0 Å². The van der Waals surface area contributed by atoms with E-state index < -0.39 is 23.6 Å². The number of carbonyl (C=O) groups is 1. The van der Waals surface area contributed by atoms with Crippen LogP contribution in [-0.4, -0.2) is 17.6 Å². The van der Waals surface area contributed by atoms with Gasteiger partial charge in [-0.2, -0.15) is 13.2 Å². The molecule has 1 heterocycles. The first-order chi connectivity index (χ1) is 7.89. The van der Waals surface area contributed by atoms with Gasteiger partial charge in [0.2, 0.25) is 0 Å². The molecule has 1 aromatic carbocycles. The van der Waals surface area contributed by atoms with Crippen molar-refractivity contribution in [2.45, 2.75) is 18.5 Å². The maximum atomic E-state index is 12.5. The molecule has 17 heavy (non-hydrogen) atoms. The van der Waals surface area contributed by atoms with E-state index in [9.17, 15) is 18.0 Å². The SMILES string of the molecule is O=C(O)C1CCNc2cc(C(F)(F)F)ccc21. The molecule has 2 rings (SSSR count). The molecule has 0 spiro atoms. The lowest BCUT2D eigenvalue weighted by Gasteiger charge is -2.24. The van der Waals surface area contributed by atoms with Crippen LogP contribution in [0.1, 0.15) is 23.5 Å². The van der Waals surface area contributed by atoms with E-state index in [1.165, 1.54) is 6.07 Å². The Hall–Kier alpha value is -1.72. The Bertz CT molecular complexity index is 457. The number of hydrogen-bond acceptors (Lipinski definition) is 2. The number of carboxylic acids is 1. The molecule has 6 heteroatoms. The second-order valence-electron chi connectivity index (χ2n) is 3.91. The highest BCUT2D eigenvalue weighted by molar-refractivity contribution is 5.80. The minimum absolute atomic E-state index is 0.262. The van der Waals surface area contributed by atoms with Crippen molar-refractivity contribution in [3.05, 3.63) is 29.3 Å². The lowest BCUT2D eigenvalue weighted by Crippen LogP contribution is -2.23. The van der Waals surface area contributed by atoms with Crippen LogP contribution in [0.4, 0.5) is 18.9 Å². The average Bonchev–Trinajstić information content (AvgIpc) is 2.26.